The Kier molecular flexibility index (Phi) is 7.93. The van der Waals surface area contributed by atoms with Crippen molar-refractivity contribution < 1.29 is 45.8 Å². The number of benzene rings is 1. The smallest absolute Gasteiger partial charge is 0.427 e. The first kappa shape index (κ1) is 29.8. The topological polar surface area (TPSA) is 140 Å². The molecule has 2 aliphatic heterocycles. The number of fused-ring (bicyclic) bond motifs is 2. The van der Waals surface area contributed by atoms with E-state index in [4.69, 9.17) is 16.3 Å². The molecule has 1 amide bonds. The number of rotatable bonds is 7. The lowest BCUT2D eigenvalue weighted by Gasteiger charge is -2.36. The van der Waals surface area contributed by atoms with Crippen LogP contribution in [0.5, 0.6) is 5.75 Å². The number of carbonyl (C=O) groups is 2. The Bertz CT molecular complexity index is 1430. The van der Waals surface area contributed by atoms with Crippen LogP contribution in [-0.2, 0) is 32.5 Å². The molecule has 16 heteroatoms. The quantitative estimate of drug-likeness (QED) is 0.456. The summed E-state index contributed by atoms with van der Waals surface area (Å²) < 4.78 is 80.6. The molecule has 0 bridgehead atoms. The maximum atomic E-state index is 14.1. The van der Waals surface area contributed by atoms with Crippen molar-refractivity contribution in [1.82, 2.24) is 9.78 Å². The Morgan fingerprint density at radius 3 is 2.65 bits per heavy atom. The standard InChI is InChI=1S/C24H28ClF3N4O7S/c1-13(21(33)34)10-15-12-32(40(36,37)19-16-6-4-5-9-31(16)30-20(19)25)17-11-14(7-8-18(17)38-15)29-22(35)39-23(2,3)24(26,27)28/h7-8,11,13,15H,4-6,9-10,12H2,1-3H3,(H,29,35)(H,33,34)/t13-,15-/m0/s1. The highest BCUT2D eigenvalue weighted by atomic mass is 35.5. The number of hydrogen-bond donors (Lipinski definition) is 2. The number of carboxylic acids is 1. The number of aromatic nitrogens is 2. The van der Waals surface area contributed by atoms with Crippen molar-refractivity contribution >= 4 is 45.1 Å². The summed E-state index contributed by atoms with van der Waals surface area (Å²) in [6, 6.07) is 3.84. The van der Waals surface area contributed by atoms with E-state index in [2.05, 4.69) is 15.2 Å². The van der Waals surface area contributed by atoms with E-state index in [1.807, 2.05) is 0 Å². The molecule has 1 aromatic heterocycles. The van der Waals surface area contributed by atoms with E-state index in [0.717, 1.165) is 17.1 Å². The molecule has 2 aliphatic rings. The predicted octanol–water partition coefficient (Wildman–Crippen LogP) is 4.83. The number of sulfonamides is 1. The van der Waals surface area contributed by atoms with Crippen LogP contribution in [0.25, 0.3) is 0 Å². The van der Waals surface area contributed by atoms with Gasteiger partial charge in [-0.3, -0.25) is 19.1 Å². The number of amides is 1. The Balaban J connectivity index is 1.72. The summed E-state index contributed by atoms with van der Waals surface area (Å²) in [6.07, 6.45) is -5.15. The number of nitrogens with one attached hydrogen (secondary N) is 1. The summed E-state index contributed by atoms with van der Waals surface area (Å²) in [6.45, 7) is 3.05. The Morgan fingerprint density at radius 1 is 1.30 bits per heavy atom. The minimum Gasteiger partial charge on any atom is -0.486 e. The molecular weight excluding hydrogens is 581 g/mol. The van der Waals surface area contributed by atoms with Crippen molar-refractivity contribution in [3.05, 3.63) is 29.0 Å². The number of carboxylic acid groups (broad SMARTS) is 1. The highest BCUT2D eigenvalue weighted by Crippen LogP contribution is 2.42. The highest BCUT2D eigenvalue weighted by Gasteiger charge is 2.51. The van der Waals surface area contributed by atoms with Crippen molar-refractivity contribution in [3.8, 4) is 5.75 Å². The van der Waals surface area contributed by atoms with Gasteiger partial charge in [0.15, 0.2) is 5.15 Å². The second kappa shape index (κ2) is 10.7. The lowest BCUT2D eigenvalue weighted by molar-refractivity contribution is -0.242. The first-order valence-electron chi connectivity index (χ1n) is 12.4. The van der Waals surface area contributed by atoms with Crippen LogP contribution in [0.2, 0.25) is 5.15 Å². The molecule has 0 aliphatic carbocycles. The molecular formula is C24H28ClF3N4O7S. The van der Waals surface area contributed by atoms with Crippen LogP contribution >= 0.6 is 11.6 Å². The highest BCUT2D eigenvalue weighted by molar-refractivity contribution is 7.93. The number of anilines is 2. The summed E-state index contributed by atoms with van der Waals surface area (Å²) in [4.78, 5) is 23.5. The van der Waals surface area contributed by atoms with Crippen molar-refractivity contribution in [2.75, 3.05) is 16.2 Å². The van der Waals surface area contributed by atoms with Crippen LogP contribution in [0.15, 0.2) is 23.1 Å². The monoisotopic (exact) mass is 608 g/mol. The number of alkyl halides is 3. The fraction of sp³-hybridized carbons (Fsp3) is 0.542. The van der Waals surface area contributed by atoms with Crippen molar-refractivity contribution in [1.29, 1.82) is 0 Å². The van der Waals surface area contributed by atoms with Crippen molar-refractivity contribution in [3.63, 3.8) is 0 Å². The summed E-state index contributed by atoms with van der Waals surface area (Å²) in [5, 5.41) is 15.5. The zero-order chi connectivity index (χ0) is 29.6. The Hall–Kier alpha value is -3.20. The van der Waals surface area contributed by atoms with Gasteiger partial charge in [-0.15, -0.1) is 0 Å². The number of aryl methyl sites for hydroxylation is 1. The van der Waals surface area contributed by atoms with E-state index in [1.54, 1.807) is 4.68 Å². The van der Waals surface area contributed by atoms with Crippen LogP contribution in [-0.4, -0.2) is 59.8 Å². The first-order chi connectivity index (χ1) is 18.5. The molecule has 220 valence electrons. The summed E-state index contributed by atoms with van der Waals surface area (Å²) in [7, 11) is -4.39. The summed E-state index contributed by atoms with van der Waals surface area (Å²) in [5.41, 5.74) is -2.44. The van der Waals surface area contributed by atoms with Crippen LogP contribution in [0.4, 0.5) is 29.3 Å². The minimum atomic E-state index is -4.83. The molecule has 40 heavy (non-hydrogen) atoms. The molecule has 1 aromatic carbocycles. The van der Waals surface area contributed by atoms with Gasteiger partial charge in [0.2, 0.25) is 5.60 Å². The van der Waals surface area contributed by atoms with Crippen LogP contribution < -0.4 is 14.4 Å². The number of carbonyl (C=O) groups excluding carboxylic acids is 1. The maximum absolute atomic E-state index is 14.1. The molecule has 2 N–H and O–H groups in total. The summed E-state index contributed by atoms with van der Waals surface area (Å²) >= 11 is 6.31. The fourth-order valence-electron chi connectivity index (χ4n) is 4.46. The number of nitrogens with zero attached hydrogens (tertiary/aromatic N) is 3. The van der Waals surface area contributed by atoms with E-state index in [-0.39, 0.29) is 40.1 Å². The molecule has 0 spiro atoms. The third-order valence-corrected chi connectivity index (χ3v) is 9.00. The Labute approximate surface area is 233 Å². The molecule has 2 aromatic rings. The number of ether oxygens (including phenoxy) is 2. The van der Waals surface area contributed by atoms with Gasteiger partial charge >= 0.3 is 18.2 Å². The normalized spacial score (nSPS) is 18.3. The third-order valence-electron chi connectivity index (χ3n) is 6.76. The molecule has 2 atom stereocenters. The maximum Gasteiger partial charge on any atom is 0.427 e. The Morgan fingerprint density at radius 2 is 2.00 bits per heavy atom. The van der Waals surface area contributed by atoms with Gasteiger partial charge in [0.1, 0.15) is 16.7 Å². The average Bonchev–Trinajstić information content (AvgIpc) is 3.18. The second-order valence-electron chi connectivity index (χ2n) is 10.2. The second-order valence-corrected chi connectivity index (χ2v) is 12.4. The van der Waals surface area contributed by atoms with Gasteiger partial charge in [0, 0.05) is 12.2 Å². The van der Waals surface area contributed by atoms with Crippen LogP contribution in [0, 0.1) is 5.92 Å². The molecule has 0 radical (unpaired) electrons. The van der Waals surface area contributed by atoms with E-state index < -0.39 is 45.9 Å². The van der Waals surface area contributed by atoms with Gasteiger partial charge < -0.3 is 14.6 Å². The lowest BCUT2D eigenvalue weighted by atomic mass is 10.0. The van der Waals surface area contributed by atoms with Gasteiger partial charge in [-0.1, -0.05) is 18.5 Å². The van der Waals surface area contributed by atoms with Crippen molar-refractivity contribution in [2.45, 2.75) is 75.8 Å². The van der Waals surface area contributed by atoms with Gasteiger partial charge in [-0.25, -0.2) is 13.2 Å². The fourth-order valence-corrected chi connectivity index (χ4v) is 6.70. The molecule has 0 saturated carbocycles. The summed E-state index contributed by atoms with van der Waals surface area (Å²) in [5.74, 6) is -1.88. The van der Waals surface area contributed by atoms with Gasteiger partial charge in [-0.2, -0.15) is 18.3 Å². The molecule has 4 rings (SSSR count). The van der Waals surface area contributed by atoms with Gasteiger partial charge in [-0.05, 0) is 57.7 Å². The molecule has 0 saturated heterocycles. The SMILES string of the molecule is C[C@@H](C[C@H]1CN(S(=O)(=O)c2c(Cl)nn3c2CCCC3)c2cc(NC(=O)OC(C)(C)C(F)(F)F)ccc2O1)C(=O)O. The first-order valence-corrected chi connectivity index (χ1v) is 14.2. The average molecular weight is 609 g/mol. The molecule has 0 unspecified atom stereocenters. The number of aliphatic carboxylic acids is 1. The molecule has 3 heterocycles. The predicted molar refractivity (Wildman–Crippen MR) is 137 cm³/mol. The third kappa shape index (κ3) is 5.80. The van der Waals surface area contributed by atoms with E-state index in [9.17, 15) is 36.3 Å². The van der Waals surface area contributed by atoms with E-state index in [1.165, 1.54) is 25.1 Å². The lowest BCUT2D eigenvalue weighted by Crippen LogP contribution is -2.45. The number of halogens is 4. The van der Waals surface area contributed by atoms with Gasteiger partial charge in [0.25, 0.3) is 10.0 Å². The van der Waals surface area contributed by atoms with E-state index >= 15 is 0 Å². The zero-order valence-corrected chi connectivity index (χ0v) is 23.4. The van der Waals surface area contributed by atoms with Crippen LogP contribution in [0.3, 0.4) is 0 Å². The molecule has 11 nitrogen and oxygen atoms in total. The van der Waals surface area contributed by atoms with Crippen molar-refractivity contribution in [2.24, 2.45) is 5.92 Å². The minimum absolute atomic E-state index is 0.0144. The van der Waals surface area contributed by atoms with Crippen LogP contribution in [0.1, 0.15) is 45.7 Å². The largest absolute Gasteiger partial charge is 0.486 e. The van der Waals surface area contributed by atoms with E-state index in [0.29, 0.717) is 32.5 Å². The van der Waals surface area contributed by atoms with Gasteiger partial charge in [0.05, 0.1) is 23.8 Å². The zero-order valence-electron chi connectivity index (χ0n) is 21.8. The number of hydrogen-bond acceptors (Lipinski definition) is 7. The molecule has 0 fully saturated rings.